The molecule has 4 nitrogen and oxygen atoms in total. The molecule has 3 rings (SSSR count). The molecule has 2 aromatic carbocycles. The molecule has 0 aromatic heterocycles. The zero-order valence-corrected chi connectivity index (χ0v) is 12.5. The molecular weight excluding hydrogens is 309 g/mol. The summed E-state index contributed by atoms with van der Waals surface area (Å²) in [5.74, 6) is 0. The average Bonchev–Trinajstić information content (AvgIpc) is 2.94. The van der Waals surface area contributed by atoms with E-state index in [0.717, 1.165) is 11.4 Å². The first-order valence-corrected chi connectivity index (χ1v) is 7.06. The summed E-state index contributed by atoms with van der Waals surface area (Å²) in [5.41, 5.74) is 2.25. The van der Waals surface area contributed by atoms with E-state index in [1.165, 1.54) is 0 Å². The second-order valence-corrected chi connectivity index (χ2v) is 5.48. The van der Waals surface area contributed by atoms with E-state index in [1.54, 1.807) is 30.5 Å². The molecular formula is C15H12Cl2N3O+. The molecule has 0 spiro atoms. The highest BCUT2D eigenvalue weighted by atomic mass is 35.5. The highest BCUT2D eigenvalue weighted by molar-refractivity contribution is 6.30. The van der Waals surface area contributed by atoms with Crippen LogP contribution >= 0.6 is 23.2 Å². The van der Waals surface area contributed by atoms with Crippen molar-refractivity contribution in [3.63, 3.8) is 0 Å². The quantitative estimate of drug-likeness (QED) is 0.807. The van der Waals surface area contributed by atoms with Gasteiger partial charge in [-0.15, -0.1) is 0 Å². The largest absolute Gasteiger partial charge is 0.390 e. The molecule has 0 bridgehead atoms. The highest BCUT2D eigenvalue weighted by Gasteiger charge is 2.37. The lowest BCUT2D eigenvalue weighted by Crippen LogP contribution is -2.29. The third kappa shape index (κ3) is 2.59. The van der Waals surface area contributed by atoms with Crippen LogP contribution in [0.4, 0.5) is 11.4 Å². The van der Waals surface area contributed by atoms with Gasteiger partial charge in [0, 0.05) is 39.5 Å². The van der Waals surface area contributed by atoms with Crippen LogP contribution in [0.2, 0.25) is 10.0 Å². The molecule has 0 amide bonds. The van der Waals surface area contributed by atoms with Gasteiger partial charge < -0.3 is 5.11 Å². The van der Waals surface area contributed by atoms with Gasteiger partial charge in [-0.05, 0) is 24.3 Å². The molecule has 1 aliphatic heterocycles. The fraction of sp³-hybridized carbons (Fsp3) is 0.0667. The normalized spacial score (nSPS) is 16.0. The molecule has 21 heavy (non-hydrogen) atoms. The first-order valence-electron chi connectivity index (χ1n) is 6.31. The highest BCUT2D eigenvalue weighted by Crippen LogP contribution is 2.41. The Morgan fingerprint density at radius 1 is 0.857 bits per heavy atom. The van der Waals surface area contributed by atoms with E-state index in [9.17, 15) is 5.11 Å². The number of aliphatic hydroxyl groups is 1. The molecule has 0 saturated heterocycles. The molecule has 0 unspecified atom stereocenters. The summed E-state index contributed by atoms with van der Waals surface area (Å²) in [6, 6.07) is 14.7. The van der Waals surface area contributed by atoms with E-state index in [1.807, 2.05) is 24.3 Å². The summed E-state index contributed by atoms with van der Waals surface area (Å²) in [5, 5.41) is 19.0. The Morgan fingerprint density at radius 2 is 1.33 bits per heavy atom. The Kier molecular flexibility index (Phi) is 3.78. The third-order valence-corrected chi connectivity index (χ3v) is 3.76. The predicted octanol–water partition coefficient (Wildman–Crippen LogP) is 4.85. The molecule has 0 saturated carbocycles. The summed E-state index contributed by atoms with van der Waals surface area (Å²) in [4.78, 5) is 0. The van der Waals surface area contributed by atoms with Gasteiger partial charge in [-0.1, -0.05) is 32.9 Å². The summed E-state index contributed by atoms with van der Waals surface area (Å²) in [6.45, 7) is -0.162. The number of rotatable bonds is 3. The van der Waals surface area contributed by atoms with Crippen LogP contribution in [0.25, 0.3) is 0 Å². The Labute approximate surface area is 132 Å². The number of hydrogen-bond donors (Lipinski definition) is 1. The van der Waals surface area contributed by atoms with Crippen LogP contribution in [-0.2, 0) is 0 Å². The molecule has 1 heterocycles. The summed E-state index contributed by atoms with van der Waals surface area (Å²) in [6.07, 6.45) is 1.80. The van der Waals surface area contributed by atoms with Gasteiger partial charge >= 0.3 is 0 Å². The van der Waals surface area contributed by atoms with Gasteiger partial charge in [-0.2, -0.15) is 0 Å². The van der Waals surface area contributed by atoms with Crippen molar-refractivity contribution in [2.45, 2.75) is 0 Å². The van der Waals surface area contributed by atoms with Gasteiger partial charge in [0.15, 0.2) is 17.6 Å². The van der Waals surface area contributed by atoms with Crippen LogP contribution in [-0.4, -0.2) is 11.7 Å². The molecule has 2 aromatic rings. The molecule has 0 radical (unpaired) electrons. The average molecular weight is 321 g/mol. The molecule has 106 valence electrons. The summed E-state index contributed by atoms with van der Waals surface area (Å²) < 4.78 is 0.0459. The predicted molar refractivity (Wildman–Crippen MR) is 84.4 cm³/mol. The molecule has 0 aliphatic carbocycles. The molecule has 6 heteroatoms. The minimum absolute atomic E-state index is 0.0459. The summed E-state index contributed by atoms with van der Waals surface area (Å²) >= 11 is 11.9. The fourth-order valence-electron chi connectivity index (χ4n) is 2.21. The van der Waals surface area contributed by atoms with Crippen molar-refractivity contribution in [2.24, 2.45) is 10.3 Å². The van der Waals surface area contributed by atoms with Crippen LogP contribution in [0.3, 0.4) is 0 Å². The molecule has 0 fully saturated rings. The lowest BCUT2D eigenvalue weighted by atomic mass is 10.2. The Bertz CT molecular complexity index is 663. The van der Waals surface area contributed by atoms with Crippen LogP contribution in [0.15, 0.2) is 70.8 Å². The second-order valence-electron chi connectivity index (χ2n) is 4.61. The van der Waals surface area contributed by atoms with E-state index in [2.05, 4.69) is 10.3 Å². The monoisotopic (exact) mass is 320 g/mol. The Morgan fingerprint density at radius 3 is 1.71 bits per heavy atom. The van der Waals surface area contributed by atoms with Crippen molar-refractivity contribution in [1.82, 2.24) is 4.59 Å². The van der Waals surface area contributed by atoms with Crippen molar-refractivity contribution in [2.75, 3.05) is 6.61 Å². The minimum atomic E-state index is -0.162. The number of halogens is 2. The lowest BCUT2D eigenvalue weighted by Gasteiger charge is -2.23. The third-order valence-electron chi connectivity index (χ3n) is 3.25. The maximum absolute atomic E-state index is 9.31. The van der Waals surface area contributed by atoms with Crippen LogP contribution in [0, 0.1) is 0 Å². The van der Waals surface area contributed by atoms with E-state index in [-0.39, 0.29) is 11.2 Å². The first-order chi connectivity index (χ1) is 10.1. The van der Waals surface area contributed by atoms with Crippen molar-refractivity contribution in [3.8, 4) is 0 Å². The first kappa shape index (κ1) is 14.2. The van der Waals surface area contributed by atoms with E-state index < -0.39 is 0 Å². The van der Waals surface area contributed by atoms with Gasteiger partial charge in [0.1, 0.15) is 5.70 Å². The van der Waals surface area contributed by atoms with Gasteiger partial charge in [0.25, 0.3) is 0 Å². The number of nitrogens with zero attached hydrogens (tertiary/aromatic N) is 3. The van der Waals surface area contributed by atoms with Gasteiger partial charge in [0.05, 0.1) is 6.61 Å². The summed E-state index contributed by atoms with van der Waals surface area (Å²) in [7, 11) is 0. The lowest BCUT2D eigenvalue weighted by molar-refractivity contribution is 0.329. The smallest absolute Gasteiger partial charge is 0.170 e. The van der Waals surface area contributed by atoms with Gasteiger partial charge in [-0.3, -0.25) is 0 Å². The van der Waals surface area contributed by atoms with Crippen molar-refractivity contribution >= 4 is 34.6 Å². The van der Waals surface area contributed by atoms with E-state index in [0.29, 0.717) is 15.7 Å². The maximum atomic E-state index is 9.31. The van der Waals surface area contributed by atoms with Crippen molar-refractivity contribution in [1.29, 1.82) is 0 Å². The number of benzene rings is 2. The fourth-order valence-corrected chi connectivity index (χ4v) is 2.46. The van der Waals surface area contributed by atoms with E-state index in [4.69, 9.17) is 23.2 Å². The SMILES string of the molecule is OCC1=C[N+](c2ccc(Cl)cc2)(c2ccc(Cl)cc2)N=N1. The van der Waals surface area contributed by atoms with Crippen molar-refractivity contribution in [3.05, 3.63) is 70.5 Å². The van der Waals surface area contributed by atoms with Crippen LogP contribution in [0.5, 0.6) is 0 Å². The van der Waals surface area contributed by atoms with Gasteiger partial charge in [0.2, 0.25) is 0 Å². The minimum Gasteiger partial charge on any atom is -0.390 e. The Balaban J connectivity index is 2.17. The topological polar surface area (TPSA) is 45.0 Å². The van der Waals surface area contributed by atoms with Crippen LogP contribution < -0.4 is 4.59 Å². The van der Waals surface area contributed by atoms with Crippen molar-refractivity contribution < 1.29 is 5.11 Å². The maximum Gasteiger partial charge on any atom is 0.170 e. The molecule has 1 N–H and O–H groups in total. The van der Waals surface area contributed by atoms with E-state index >= 15 is 0 Å². The van der Waals surface area contributed by atoms with Crippen LogP contribution in [0.1, 0.15) is 0 Å². The molecule has 0 atom stereocenters. The zero-order valence-electron chi connectivity index (χ0n) is 10.9. The standard InChI is InChI=1S/C15H12Cl2N3O/c16-11-1-5-14(6-2-11)20(9-13(10-21)18-19-20)15-7-3-12(17)4-8-15/h1-9,21H,10H2/q+1. The number of aliphatic hydroxyl groups excluding tert-OH is 1. The number of quaternary nitrogens is 1. The van der Waals surface area contributed by atoms with Gasteiger partial charge in [-0.25, -0.2) is 0 Å². The number of hydrogen-bond acceptors (Lipinski definition) is 3. The Hall–Kier alpha value is -1.72. The zero-order chi connectivity index (χ0) is 14.9. The second kappa shape index (κ2) is 5.58. The molecule has 1 aliphatic rings.